The molecule has 1 aliphatic heterocycles. The van der Waals surface area contributed by atoms with E-state index in [2.05, 4.69) is 64.9 Å². The van der Waals surface area contributed by atoms with Gasteiger partial charge in [0.15, 0.2) is 0 Å². The van der Waals surface area contributed by atoms with Crippen molar-refractivity contribution in [2.24, 2.45) is 15.9 Å². The van der Waals surface area contributed by atoms with Crippen molar-refractivity contribution < 1.29 is 9.84 Å². The molecular weight excluding hydrogens is 422 g/mol. The molecule has 0 amide bonds. The average molecular weight is 452 g/mol. The number of hydrogen-bond acceptors (Lipinski definition) is 5. The maximum absolute atomic E-state index is 10.5. The number of allylic oxidation sites excluding steroid dienone is 4. The summed E-state index contributed by atoms with van der Waals surface area (Å²) in [5.74, 6) is 1.61. The number of nitrogens with zero attached hydrogens (tertiary/aromatic N) is 2. The van der Waals surface area contributed by atoms with E-state index < -0.39 is 0 Å². The van der Waals surface area contributed by atoms with Crippen molar-refractivity contribution in [2.45, 2.75) is 44.7 Å². The zero-order valence-corrected chi connectivity index (χ0v) is 19.4. The summed E-state index contributed by atoms with van der Waals surface area (Å²) < 4.78 is 5.79. The smallest absolute Gasteiger partial charge is 0.316 e. The Morgan fingerprint density at radius 2 is 2.03 bits per heavy atom. The predicted molar refractivity (Wildman–Crippen MR) is 138 cm³/mol. The van der Waals surface area contributed by atoms with E-state index in [0.29, 0.717) is 30.3 Å². The number of hydrogen-bond donors (Lipinski definition) is 2. The highest BCUT2D eigenvalue weighted by Gasteiger charge is 2.37. The van der Waals surface area contributed by atoms with Crippen molar-refractivity contribution in [1.29, 1.82) is 0 Å². The second-order valence-electron chi connectivity index (χ2n) is 9.23. The van der Waals surface area contributed by atoms with Crippen LogP contribution in [0.3, 0.4) is 0 Å². The van der Waals surface area contributed by atoms with E-state index in [0.717, 1.165) is 31.3 Å². The molecule has 0 spiro atoms. The van der Waals surface area contributed by atoms with Crippen LogP contribution in [0.5, 0.6) is 0 Å². The number of ether oxygens (including phenoxy) is 1. The molecule has 1 heterocycles. The molecule has 0 saturated heterocycles. The number of benzene rings is 2. The van der Waals surface area contributed by atoms with Crippen LogP contribution in [0.15, 0.2) is 87.6 Å². The molecule has 0 bridgehead atoms. The topological polar surface area (TPSA) is 66.2 Å². The molecule has 0 radical (unpaired) electrons. The maximum Gasteiger partial charge on any atom is 0.316 e. The SMILES string of the molecule is CCOC1=NC(C2=Cc3c(ccc4ccccc34)C3C=CCCC23)NC(C2=C(O)C=CCC2)=N1. The monoisotopic (exact) mass is 451 g/mol. The Morgan fingerprint density at radius 3 is 2.91 bits per heavy atom. The van der Waals surface area contributed by atoms with E-state index in [1.807, 2.05) is 13.0 Å². The molecular formula is C29H29N3O2. The minimum Gasteiger partial charge on any atom is -0.508 e. The van der Waals surface area contributed by atoms with Crippen LogP contribution in [0.25, 0.3) is 16.8 Å². The van der Waals surface area contributed by atoms with Crippen molar-refractivity contribution in [1.82, 2.24) is 5.32 Å². The molecule has 2 aromatic rings. The number of rotatable bonds is 3. The number of aliphatic hydroxyl groups excluding tert-OH is 1. The summed E-state index contributed by atoms with van der Waals surface area (Å²) in [4.78, 5) is 9.52. The lowest BCUT2D eigenvalue weighted by Gasteiger charge is -2.38. The lowest BCUT2D eigenvalue weighted by molar-refractivity contribution is 0.315. The summed E-state index contributed by atoms with van der Waals surface area (Å²) in [5.41, 5.74) is 4.75. The van der Waals surface area contributed by atoms with Crippen molar-refractivity contribution in [2.75, 3.05) is 6.61 Å². The zero-order chi connectivity index (χ0) is 23.1. The normalized spacial score (nSPS) is 25.7. The third kappa shape index (κ3) is 3.56. The van der Waals surface area contributed by atoms with E-state index >= 15 is 0 Å². The molecule has 5 nitrogen and oxygen atoms in total. The van der Waals surface area contributed by atoms with Gasteiger partial charge in [0.25, 0.3) is 0 Å². The minimum absolute atomic E-state index is 0.265. The second-order valence-corrected chi connectivity index (χ2v) is 9.23. The first-order valence-corrected chi connectivity index (χ1v) is 12.3. The van der Waals surface area contributed by atoms with Crippen LogP contribution in [0.4, 0.5) is 0 Å². The molecule has 5 heteroatoms. The first-order chi connectivity index (χ1) is 16.7. The Labute approximate surface area is 200 Å². The lowest BCUT2D eigenvalue weighted by atomic mass is 9.69. The van der Waals surface area contributed by atoms with Crippen LogP contribution in [0.2, 0.25) is 0 Å². The van der Waals surface area contributed by atoms with Crippen LogP contribution in [-0.2, 0) is 4.74 Å². The molecule has 3 atom stereocenters. The van der Waals surface area contributed by atoms with Gasteiger partial charge in [-0.2, -0.15) is 4.99 Å². The van der Waals surface area contributed by atoms with Crippen LogP contribution in [0.1, 0.15) is 49.7 Å². The van der Waals surface area contributed by atoms with Crippen LogP contribution >= 0.6 is 0 Å². The lowest BCUT2D eigenvalue weighted by Crippen LogP contribution is -2.44. The molecule has 2 N–H and O–H groups in total. The van der Waals surface area contributed by atoms with Gasteiger partial charge in [-0.15, -0.1) is 0 Å². The van der Waals surface area contributed by atoms with E-state index in [1.165, 1.54) is 27.5 Å². The van der Waals surface area contributed by atoms with Gasteiger partial charge in [-0.1, -0.05) is 60.7 Å². The molecule has 6 rings (SSSR count). The van der Waals surface area contributed by atoms with Gasteiger partial charge in [0.2, 0.25) is 0 Å². The van der Waals surface area contributed by atoms with Crippen LogP contribution < -0.4 is 5.32 Å². The fourth-order valence-corrected chi connectivity index (χ4v) is 5.68. The van der Waals surface area contributed by atoms with Gasteiger partial charge in [-0.05, 0) is 72.1 Å². The fraction of sp³-hybridized carbons (Fsp3) is 0.310. The van der Waals surface area contributed by atoms with Gasteiger partial charge in [0.1, 0.15) is 17.8 Å². The first kappa shape index (κ1) is 21.0. The summed E-state index contributed by atoms with van der Waals surface area (Å²) in [5, 5.41) is 16.6. The van der Waals surface area contributed by atoms with Gasteiger partial charge in [-0.3, -0.25) is 0 Å². The molecule has 2 aromatic carbocycles. The van der Waals surface area contributed by atoms with Crippen LogP contribution in [0, 0.1) is 5.92 Å². The Bertz CT molecular complexity index is 1330. The molecule has 0 aromatic heterocycles. The van der Waals surface area contributed by atoms with E-state index in [-0.39, 0.29) is 11.9 Å². The molecule has 3 aliphatic carbocycles. The third-order valence-corrected chi connectivity index (χ3v) is 7.27. The van der Waals surface area contributed by atoms with Gasteiger partial charge in [0.05, 0.1) is 6.61 Å². The standard InChI is InChI=1S/C29H29N3O2/c1-2-34-29-31-27(23-13-7-8-14-26(23)33)30-28(32-29)25-17-24-19-10-4-3-9-18(19)15-16-22(24)20-11-5-6-12-21(20)25/h3-5,8-11,14-17,20-21,28,33H,2,6-7,12-13H2,1H3,(H,30,31,32). The predicted octanol–water partition coefficient (Wildman–Crippen LogP) is 6.17. The highest BCUT2D eigenvalue weighted by atomic mass is 16.5. The highest BCUT2D eigenvalue weighted by Crippen LogP contribution is 2.47. The van der Waals surface area contributed by atoms with Gasteiger partial charge in [-0.25, -0.2) is 4.99 Å². The summed E-state index contributed by atoms with van der Waals surface area (Å²) in [6.07, 6.45) is 14.3. The number of nitrogens with one attached hydrogen (secondary N) is 1. The Kier molecular flexibility index (Phi) is 5.33. The quantitative estimate of drug-likeness (QED) is 0.549. The highest BCUT2D eigenvalue weighted by molar-refractivity contribution is 6.07. The largest absolute Gasteiger partial charge is 0.508 e. The Balaban J connectivity index is 1.48. The van der Waals surface area contributed by atoms with Gasteiger partial charge < -0.3 is 15.2 Å². The Hall–Kier alpha value is -3.60. The van der Waals surface area contributed by atoms with E-state index in [4.69, 9.17) is 9.73 Å². The van der Waals surface area contributed by atoms with Gasteiger partial charge >= 0.3 is 6.02 Å². The van der Waals surface area contributed by atoms with Crippen molar-refractivity contribution >= 4 is 28.7 Å². The molecule has 34 heavy (non-hydrogen) atoms. The summed E-state index contributed by atoms with van der Waals surface area (Å²) in [6.45, 7) is 2.44. The van der Waals surface area contributed by atoms with Gasteiger partial charge in [0, 0.05) is 11.5 Å². The average Bonchev–Trinajstić information content (AvgIpc) is 2.88. The summed E-state index contributed by atoms with van der Waals surface area (Å²) >= 11 is 0. The van der Waals surface area contributed by atoms with E-state index in [1.54, 1.807) is 6.08 Å². The van der Waals surface area contributed by atoms with Crippen molar-refractivity contribution in [3.8, 4) is 0 Å². The number of fused-ring (bicyclic) bond motifs is 5. The molecule has 4 aliphatic rings. The minimum atomic E-state index is -0.286. The number of aliphatic hydroxyl groups is 1. The fourth-order valence-electron chi connectivity index (χ4n) is 5.68. The van der Waals surface area contributed by atoms with Crippen LogP contribution in [-0.4, -0.2) is 29.7 Å². The molecule has 172 valence electrons. The second kappa shape index (κ2) is 8.64. The first-order valence-electron chi connectivity index (χ1n) is 12.3. The Morgan fingerprint density at radius 1 is 1.12 bits per heavy atom. The molecule has 3 unspecified atom stereocenters. The molecule has 0 fully saturated rings. The van der Waals surface area contributed by atoms with Crippen molar-refractivity contribution in [3.05, 3.63) is 88.7 Å². The maximum atomic E-state index is 10.5. The number of amidine groups is 2. The third-order valence-electron chi connectivity index (χ3n) is 7.27. The summed E-state index contributed by atoms with van der Waals surface area (Å²) in [6, 6.07) is 13.5. The zero-order valence-electron chi connectivity index (χ0n) is 19.4. The van der Waals surface area contributed by atoms with Crippen molar-refractivity contribution in [3.63, 3.8) is 0 Å². The van der Waals surface area contributed by atoms with E-state index in [9.17, 15) is 5.11 Å². The summed E-state index contributed by atoms with van der Waals surface area (Å²) in [7, 11) is 0. The molecule has 0 saturated carbocycles. The number of aliphatic imine (C=N–C) groups is 2.